The van der Waals surface area contributed by atoms with Crippen LogP contribution in [0.25, 0.3) is 0 Å². The van der Waals surface area contributed by atoms with Crippen molar-refractivity contribution < 1.29 is 42.8 Å². The minimum Gasteiger partial charge on any atom is -0.756 e. The van der Waals surface area contributed by atoms with Crippen molar-refractivity contribution >= 4 is 19.4 Å². The Morgan fingerprint density at radius 3 is 1.47 bits per heavy atom. The summed E-state index contributed by atoms with van der Waals surface area (Å²) in [6.07, 6.45) is 25.7. The van der Waals surface area contributed by atoms with Gasteiger partial charge in [0.2, 0.25) is 5.78 Å². The van der Waals surface area contributed by atoms with Crippen LogP contribution in [0.1, 0.15) is 194 Å². The van der Waals surface area contributed by atoms with Gasteiger partial charge in [0, 0.05) is 6.42 Å². The van der Waals surface area contributed by atoms with Crippen LogP contribution in [0.2, 0.25) is 0 Å². The van der Waals surface area contributed by atoms with Gasteiger partial charge in [0.1, 0.15) is 18.8 Å². The summed E-state index contributed by atoms with van der Waals surface area (Å²) >= 11 is 0. The van der Waals surface area contributed by atoms with Crippen LogP contribution in [0.5, 0.6) is 0 Å². The molecule has 51 heavy (non-hydrogen) atoms. The first-order valence-electron chi connectivity index (χ1n) is 21.1. The van der Waals surface area contributed by atoms with Gasteiger partial charge >= 0.3 is 0 Å². The van der Waals surface area contributed by atoms with E-state index in [0.29, 0.717) is 36.6 Å². The van der Waals surface area contributed by atoms with Crippen molar-refractivity contribution in [2.45, 2.75) is 206 Å². The molecule has 0 aromatic heterocycles. The highest BCUT2D eigenvalue weighted by atomic mass is 31.2. The lowest BCUT2D eigenvalue weighted by molar-refractivity contribution is -0.874. The summed E-state index contributed by atoms with van der Waals surface area (Å²) in [6.45, 7) is 5.26. The summed E-state index contributed by atoms with van der Waals surface area (Å²) in [5.74, 6) is -0.962. The van der Waals surface area contributed by atoms with Crippen LogP contribution in [-0.4, -0.2) is 79.4 Å². The van der Waals surface area contributed by atoms with Crippen LogP contribution >= 0.6 is 7.82 Å². The molecule has 0 radical (unpaired) electrons. The second-order valence-corrected chi connectivity index (χ2v) is 17.6. The minimum atomic E-state index is -5.00. The average molecular weight is 748 g/mol. The molecule has 2 N–H and O–H groups in total. The number of rotatable bonds is 38. The molecule has 3 unspecified atom stereocenters. The van der Waals surface area contributed by atoms with Gasteiger partial charge in [-0.25, -0.2) is 0 Å². The van der Waals surface area contributed by atoms with E-state index >= 15 is 0 Å². The second-order valence-electron chi connectivity index (χ2n) is 16.2. The van der Waals surface area contributed by atoms with Gasteiger partial charge in [-0.3, -0.25) is 14.2 Å². The van der Waals surface area contributed by atoms with Gasteiger partial charge in [-0.2, -0.15) is 0 Å². The van der Waals surface area contributed by atoms with Gasteiger partial charge in [-0.1, -0.05) is 168 Å². The van der Waals surface area contributed by atoms with Crippen LogP contribution in [0.15, 0.2) is 0 Å². The lowest BCUT2D eigenvalue weighted by Gasteiger charge is -2.43. The Balaban J connectivity index is 5.45. The summed E-state index contributed by atoms with van der Waals surface area (Å²) in [6, 6.07) is 0. The normalized spacial score (nSPS) is 15.7. The molecule has 0 fully saturated rings. The predicted molar refractivity (Wildman–Crippen MR) is 209 cm³/mol. The number of phosphoric acid groups is 1. The highest BCUT2D eigenvalue weighted by molar-refractivity contribution is 7.45. The molecule has 10 heteroatoms. The second kappa shape index (κ2) is 30.6. The Kier molecular flexibility index (Phi) is 30.2. The summed E-state index contributed by atoms with van der Waals surface area (Å²) in [4.78, 5) is 41.1. The van der Waals surface area contributed by atoms with E-state index < -0.39 is 50.2 Å². The van der Waals surface area contributed by atoms with Gasteiger partial charge in [0.15, 0.2) is 5.78 Å². The highest BCUT2D eigenvalue weighted by Crippen LogP contribution is 2.48. The van der Waals surface area contributed by atoms with Crippen LogP contribution in [0.3, 0.4) is 0 Å². The number of aliphatic hydroxyl groups is 2. The lowest BCUT2D eigenvalue weighted by atomic mass is 9.68. The van der Waals surface area contributed by atoms with Crippen molar-refractivity contribution in [3.63, 3.8) is 0 Å². The number of likely N-dealkylation sites (N-methyl/N-ethyl adjacent to an activating group) is 1. The molecule has 0 amide bonds. The zero-order valence-electron chi connectivity index (χ0n) is 34.1. The maximum Gasteiger partial charge on any atom is 0.268 e. The predicted octanol–water partition coefficient (Wildman–Crippen LogP) is 9.63. The molecular formula is C41H82NO8P. The molecule has 0 aromatic rings. The van der Waals surface area contributed by atoms with Crippen molar-refractivity contribution in [2.24, 2.45) is 5.41 Å². The van der Waals surface area contributed by atoms with E-state index in [0.717, 1.165) is 38.5 Å². The maximum atomic E-state index is 14.4. The average Bonchev–Trinajstić information content (AvgIpc) is 3.08. The zero-order chi connectivity index (χ0) is 38.4. The van der Waals surface area contributed by atoms with Gasteiger partial charge in [-0.15, -0.1) is 0 Å². The van der Waals surface area contributed by atoms with Crippen molar-refractivity contribution in [1.82, 2.24) is 0 Å². The molecule has 0 aliphatic carbocycles. The third kappa shape index (κ3) is 25.9. The number of ketones is 2. The van der Waals surface area contributed by atoms with Crippen molar-refractivity contribution in [3.8, 4) is 0 Å². The number of quaternary nitrogens is 1. The van der Waals surface area contributed by atoms with Crippen LogP contribution in [-0.2, 0) is 23.2 Å². The Bertz CT molecular complexity index is 911. The first-order valence-corrected chi connectivity index (χ1v) is 22.6. The fraction of sp³-hybridized carbons (Fsp3) is 0.951. The highest BCUT2D eigenvalue weighted by Gasteiger charge is 2.50. The van der Waals surface area contributed by atoms with Crippen molar-refractivity contribution in [3.05, 3.63) is 0 Å². The Hall–Kier alpha value is -0.670. The topological polar surface area (TPSA) is 133 Å². The van der Waals surface area contributed by atoms with E-state index in [-0.39, 0.29) is 13.0 Å². The van der Waals surface area contributed by atoms with E-state index in [1.165, 1.54) is 96.3 Å². The number of phosphoric ester groups is 1. The molecular weight excluding hydrogens is 665 g/mol. The summed E-state index contributed by atoms with van der Waals surface area (Å²) in [5.41, 5.74) is -1.31. The van der Waals surface area contributed by atoms with Crippen LogP contribution in [0.4, 0.5) is 0 Å². The van der Waals surface area contributed by atoms with Gasteiger partial charge in [-0.05, 0) is 19.3 Å². The zero-order valence-corrected chi connectivity index (χ0v) is 35.0. The number of nitrogens with zero attached hydrogens (tertiary/aromatic N) is 1. The number of hydrogen-bond donors (Lipinski definition) is 2. The quantitative estimate of drug-likeness (QED) is 0.0276. The van der Waals surface area contributed by atoms with Crippen molar-refractivity contribution in [1.29, 1.82) is 0 Å². The first-order chi connectivity index (χ1) is 24.3. The first kappa shape index (κ1) is 50.3. The summed E-state index contributed by atoms with van der Waals surface area (Å²) in [7, 11) is 0.700. The fourth-order valence-corrected chi connectivity index (χ4v) is 8.11. The smallest absolute Gasteiger partial charge is 0.268 e. The number of unbranched alkanes of at least 4 members (excludes halogenated alkanes) is 21. The minimum absolute atomic E-state index is 0.158. The Labute approximate surface area is 314 Å². The fourth-order valence-electron chi connectivity index (χ4n) is 7.11. The number of Topliss-reactive ketones (excluding diaryl/α,β-unsaturated/α-hetero) is 2. The maximum absolute atomic E-state index is 14.4. The van der Waals surface area contributed by atoms with Gasteiger partial charge < -0.3 is 28.6 Å². The summed E-state index contributed by atoms with van der Waals surface area (Å²) < 4.78 is 24.1. The molecule has 0 aliphatic heterocycles. The number of carbonyl (C=O) groups excluding carboxylic acids is 2. The number of carbonyl (C=O) groups is 2. The largest absolute Gasteiger partial charge is 0.756 e. The standard InChI is InChI=1S/C41H82NO8P/c1-7-10-12-14-16-18-19-20-21-22-23-24-25-27-29-31-38(45)40(46)41(32-9-3,33-30-28-26-17-15-13-11-8-2)39(34-42(4,5)6)50-51(47,48)49-36-37(44)35-43/h37,39,43-44H,7-36H2,1-6H3/t37-,39?,41?/m1/s1. The third-order valence-corrected chi connectivity index (χ3v) is 11.1. The van der Waals surface area contributed by atoms with Crippen LogP contribution < -0.4 is 4.89 Å². The summed E-state index contributed by atoms with van der Waals surface area (Å²) in [5, 5.41) is 18.9. The molecule has 0 aliphatic rings. The third-order valence-electron chi connectivity index (χ3n) is 10.1. The monoisotopic (exact) mass is 748 g/mol. The van der Waals surface area contributed by atoms with E-state index in [1.807, 2.05) is 28.1 Å². The van der Waals surface area contributed by atoms with Crippen LogP contribution in [0, 0.1) is 5.41 Å². The van der Waals surface area contributed by atoms with E-state index in [9.17, 15) is 24.2 Å². The molecule has 4 atom stereocenters. The molecule has 304 valence electrons. The molecule has 0 rings (SSSR count). The van der Waals surface area contributed by atoms with E-state index in [1.54, 1.807) is 0 Å². The van der Waals surface area contributed by atoms with E-state index in [2.05, 4.69) is 13.8 Å². The number of hydrogen-bond acceptors (Lipinski definition) is 8. The van der Waals surface area contributed by atoms with Crippen molar-refractivity contribution in [2.75, 3.05) is 40.9 Å². The molecule has 0 heterocycles. The van der Waals surface area contributed by atoms with Gasteiger partial charge in [0.25, 0.3) is 7.82 Å². The Morgan fingerprint density at radius 1 is 0.667 bits per heavy atom. The molecule has 0 saturated heterocycles. The lowest BCUT2D eigenvalue weighted by Crippen LogP contribution is -2.54. The van der Waals surface area contributed by atoms with E-state index in [4.69, 9.17) is 14.2 Å². The van der Waals surface area contributed by atoms with Gasteiger partial charge in [0.05, 0.1) is 39.8 Å². The molecule has 0 aromatic carbocycles. The molecule has 0 bridgehead atoms. The molecule has 9 nitrogen and oxygen atoms in total. The SMILES string of the molecule is CCCCCCCCCCCCCCCCCC(=O)C(=O)C(CCC)(CCCCCCCCCC)C(C[N+](C)(C)C)OP(=O)([O-])OC[C@H](O)CO. The molecule has 0 spiro atoms. The molecule has 0 saturated carbocycles. The Morgan fingerprint density at radius 2 is 1.08 bits per heavy atom. The number of aliphatic hydroxyl groups excluding tert-OH is 2.